The molecule has 0 saturated heterocycles. The Labute approximate surface area is 114 Å². The second-order valence-corrected chi connectivity index (χ2v) is 4.53. The minimum atomic E-state index is 0.0288. The monoisotopic (exact) mass is 268 g/mol. The average Bonchev–Trinajstić information content (AvgIpc) is 2.38. The molecule has 0 saturated carbocycles. The Bertz CT molecular complexity index is 403. The van der Waals surface area contributed by atoms with E-state index in [1.165, 1.54) is 0 Å². The molecule has 0 bridgehead atoms. The summed E-state index contributed by atoms with van der Waals surface area (Å²) in [4.78, 5) is 14.2. The Morgan fingerprint density at radius 3 is 2.50 bits per heavy atom. The van der Waals surface area contributed by atoms with Crippen molar-refractivity contribution >= 4 is 23.2 Å². The zero-order valence-electron chi connectivity index (χ0n) is 11.3. The van der Waals surface area contributed by atoms with Gasteiger partial charge in [-0.1, -0.05) is 18.5 Å². The van der Waals surface area contributed by atoms with E-state index in [1.54, 1.807) is 17.0 Å². The number of amides is 1. The molecule has 0 radical (unpaired) electrons. The van der Waals surface area contributed by atoms with Gasteiger partial charge >= 0.3 is 0 Å². The molecule has 1 amide bonds. The molecule has 0 aliphatic heterocycles. The van der Waals surface area contributed by atoms with Crippen molar-refractivity contribution in [1.82, 2.24) is 4.90 Å². The van der Waals surface area contributed by atoms with Crippen LogP contribution in [0.3, 0.4) is 0 Å². The lowest BCUT2D eigenvalue weighted by molar-refractivity contribution is 0.0774. The van der Waals surface area contributed by atoms with Gasteiger partial charge in [-0.05, 0) is 38.5 Å². The Kier molecular flexibility index (Phi) is 5.99. The second kappa shape index (κ2) is 7.27. The highest BCUT2D eigenvalue weighted by atomic mass is 35.5. The summed E-state index contributed by atoms with van der Waals surface area (Å²) < 4.78 is 0. The molecule has 3 nitrogen and oxygen atoms in total. The summed E-state index contributed by atoms with van der Waals surface area (Å²) in [7, 11) is 0. The van der Waals surface area contributed by atoms with Crippen LogP contribution in [0.5, 0.6) is 0 Å². The van der Waals surface area contributed by atoms with Gasteiger partial charge in [0.25, 0.3) is 5.91 Å². The molecule has 0 unspecified atom stereocenters. The second-order valence-electron chi connectivity index (χ2n) is 4.09. The predicted molar refractivity (Wildman–Crippen MR) is 77.5 cm³/mol. The van der Waals surface area contributed by atoms with Crippen LogP contribution in [0.1, 0.15) is 37.6 Å². The van der Waals surface area contributed by atoms with Crippen LogP contribution >= 0.6 is 11.6 Å². The van der Waals surface area contributed by atoms with Gasteiger partial charge in [0.05, 0.1) is 5.56 Å². The molecule has 0 atom stereocenters. The molecule has 0 spiro atoms. The first kappa shape index (κ1) is 14.8. The highest BCUT2D eigenvalue weighted by Gasteiger charge is 2.16. The van der Waals surface area contributed by atoms with Gasteiger partial charge in [0, 0.05) is 30.3 Å². The first-order valence-corrected chi connectivity index (χ1v) is 6.84. The molecule has 0 fully saturated rings. The van der Waals surface area contributed by atoms with Crippen LogP contribution in [-0.4, -0.2) is 30.4 Å². The van der Waals surface area contributed by atoms with Crippen molar-refractivity contribution in [3.63, 3.8) is 0 Å². The number of nitrogens with one attached hydrogen (secondary N) is 1. The van der Waals surface area contributed by atoms with Gasteiger partial charge in [0.1, 0.15) is 0 Å². The maximum absolute atomic E-state index is 12.4. The summed E-state index contributed by atoms with van der Waals surface area (Å²) in [5.74, 6) is 0.0288. The van der Waals surface area contributed by atoms with Gasteiger partial charge in [-0.2, -0.15) is 0 Å². The van der Waals surface area contributed by atoms with E-state index in [-0.39, 0.29) is 5.91 Å². The average molecular weight is 269 g/mol. The van der Waals surface area contributed by atoms with E-state index >= 15 is 0 Å². The quantitative estimate of drug-likeness (QED) is 0.854. The van der Waals surface area contributed by atoms with Gasteiger partial charge in [-0.15, -0.1) is 0 Å². The van der Waals surface area contributed by atoms with Crippen molar-refractivity contribution in [1.29, 1.82) is 0 Å². The van der Waals surface area contributed by atoms with Gasteiger partial charge < -0.3 is 10.2 Å². The number of rotatable bonds is 6. The molecule has 0 aliphatic rings. The first-order chi connectivity index (χ1) is 8.63. The van der Waals surface area contributed by atoms with Gasteiger partial charge in [0.2, 0.25) is 0 Å². The molecular weight excluding hydrogens is 248 g/mol. The third-order valence-electron chi connectivity index (χ3n) is 2.83. The number of halogens is 1. The van der Waals surface area contributed by atoms with Crippen molar-refractivity contribution in [2.45, 2.75) is 27.2 Å². The smallest absolute Gasteiger partial charge is 0.255 e. The third-order valence-corrected chi connectivity index (χ3v) is 3.06. The van der Waals surface area contributed by atoms with Gasteiger partial charge in [-0.3, -0.25) is 4.79 Å². The van der Waals surface area contributed by atoms with Crippen LogP contribution in [0.2, 0.25) is 5.02 Å². The number of carbonyl (C=O) groups is 1. The number of carbonyl (C=O) groups excluding carboxylic acids is 1. The van der Waals surface area contributed by atoms with Crippen LogP contribution in [0.15, 0.2) is 18.2 Å². The zero-order valence-corrected chi connectivity index (χ0v) is 12.0. The summed E-state index contributed by atoms with van der Waals surface area (Å²) in [5.41, 5.74) is 1.51. The number of nitrogens with zero attached hydrogens (tertiary/aromatic N) is 1. The molecule has 100 valence electrons. The maximum Gasteiger partial charge on any atom is 0.255 e. The summed E-state index contributed by atoms with van der Waals surface area (Å²) in [6.07, 6.45) is 1.02. The van der Waals surface area contributed by atoms with E-state index in [0.29, 0.717) is 23.7 Å². The summed E-state index contributed by atoms with van der Waals surface area (Å²) >= 11 is 5.99. The van der Waals surface area contributed by atoms with Crippen LogP contribution in [0.4, 0.5) is 5.69 Å². The van der Waals surface area contributed by atoms with Crippen molar-refractivity contribution in [3.05, 3.63) is 28.8 Å². The Hall–Kier alpha value is -1.22. The fourth-order valence-corrected chi connectivity index (χ4v) is 1.96. The number of hydrogen-bond donors (Lipinski definition) is 1. The molecular formula is C14H21ClN2O. The van der Waals surface area contributed by atoms with E-state index in [0.717, 1.165) is 18.7 Å². The number of benzene rings is 1. The van der Waals surface area contributed by atoms with E-state index in [2.05, 4.69) is 12.2 Å². The van der Waals surface area contributed by atoms with Gasteiger partial charge in [-0.25, -0.2) is 0 Å². The summed E-state index contributed by atoms with van der Waals surface area (Å²) in [5, 5.41) is 3.86. The summed E-state index contributed by atoms with van der Waals surface area (Å²) in [6, 6.07) is 5.41. The molecule has 0 heterocycles. The Morgan fingerprint density at radius 2 is 1.94 bits per heavy atom. The fraction of sp³-hybridized carbons (Fsp3) is 0.500. The maximum atomic E-state index is 12.4. The molecule has 1 N–H and O–H groups in total. The summed E-state index contributed by atoms with van der Waals surface area (Å²) in [6.45, 7) is 8.30. The van der Waals surface area contributed by atoms with Crippen LogP contribution in [0.25, 0.3) is 0 Å². The molecule has 1 aromatic carbocycles. The third kappa shape index (κ3) is 3.64. The SMILES string of the molecule is CCCNc1ccc(Cl)cc1C(=O)N(CC)CC. The minimum absolute atomic E-state index is 0.0288. The highest BCUT2D eigenvalue weighted by Crippen LogP contribution is 2.22. The van der Waals surface area contributed by atoms with E-state index in [1.807, 2.05) is 19.9 Å². The molecule has 0 aliphatic carbocycles. The Morgan fingerprint density at radius 1 is 1.28 bits per heavy atom. The molecule has 0 aromatic heterocycles. The van der Waals surface area contributed by atoms with Crippen molar-refractivity contribution in [3.8, 4) is 0 Å². The van der Waals surface area contributed by atoms with Crippen molar-refractivity contribution < 1.29 is 4.79 Å². The first-order valence-electron chi connectivity index (χ1n) is 6.46. The van der Waals surface area contributed by atoms with Crippen LogP contribution in [-0.2, 0) is 0 Å². The molecule has 4 heteroatoms. The van der Waals surface area contributed by atoms with Gasteiger partial charge in [0.15, 0.2) is 0 Å². The minimum Gasteiger partial charge on any atom is -0.384 e. The van der Waals surface area contributed by atoms with Crippen LogP contribution < -0.4 is 5.32 Å². The fourth-order valence-electron chi connectivity index (χ4n) is 1.79. The topological polar surface area (TPSA) is 32.3 Å². The molecule has 1 aromatic rings. The molecule has 1 rings (SSSR count). The highest BCUT2D eigenvalue weighted by molar-refractivity contribution is 6.31. The standard InChI is InChI=1S/C14H21ClN2O/c1-4-9-16-13-8-7-11(15)10-12(13)14(18)17(5-2)6-3/h7-8,10,16H,4-6,9H2,1-3H3. The van der Waals surface area contributed by atoms with E-state index in [9.17, 15) is 4.79 Å². The number of hydrogen-bond acceptors (Lipinski definition) is 2. The normalized spacial score (nSPS) is 10.2. The largest absolute Gasteiger partial charge is 0.384 e. The molecule has 18 heavy (non-hydrogen) atoms. The number of anilines is 1. The lowest BCUT2D eigenvalue weighted by atomic mass is 10.1. The van der Waals surface area contributed by atoms with Crippen LogP contribution in [0, 0.1) is 0 Å². The van der Waals surface area contributed by atoms with Crippen molar-refractivity contribution in [2.24, 2.45) is 0 Å². The predicted octanol–water partition coefficient (Wildman–Crippen LogP) is 3.64. The zero-order chi connectivity index (χ0) is 13.5. The lowest BCUT2D eigenvalue weighted by Gasteiger charge is -2.21. The van der Waals surface area contributed by atoms with E-state index in [4.69, 9.17) is 11.6 Å². The van der Waals surface area contributed by atoms with E-state index < -0.39 is 0 Å². The lowest BCUT2D eigenvalue weighted by Crippen LogP contribution is -2.31. The van der Waals surface area contributed by atoms with Crippen molar-refractivity contribution in [2.75, 3.05) is 25.0 Å². The Balaban J connectivity index is 3.03.